The van der Waals surface area contributed by atoms with E-state index in [0.717, 1.165) is 18.4 Å². The number of rotatable bonds is 5. The van der Waals surface area contributed by atoms with Crippen molar-refractivity contribution < 1.29 is 5.11 Å². The maximum Gasteiger partial charge on any atom is 0.119 e. The van der Waals surface area contributed by atoms with Crippen molar-refractivity contribution in [2.45, 2.75) is 39.0 Å². The van der Waals surface area contributed by atoms with E-state index in [-0.39, 0.29) is 5.41 Å². The molecule has 0 radical (unpaired) electrons. The van der Waals surface area contributed by atoms with Crippen molar-refractivity contribution in [3.05, 3.63) is 71.3 Å². The number of allylic oxidation sites excluding steroid dienone is 1. The monoisotopic (exact) mass is 280 g/mol. The summed E-state index contributed by atoms with van der Waals surface area (Å²) in [6.45, 7) is 6.50. The Morgan fingerprint density at radius 3 is 2.43 bits per heavy atom. The summed E-state index contributed by atoms with van der Waals surface area (Å²) in [6.07, 6.45) is 6.19. The van der Waals surface area contributed by atoms with Gasteiger partial charge in [-0.3, -0.25) is 0 Å². The predicted molar refractivity (Wildman–Crippen MR) is 90.6 cm³/mol. The van der Waals surface area contributed by atoms with E-state index in [1.807, 2.05) is 30.3 Å². The van der Waals surface area contributed by atoms with Crippen molar-refractivity contribution in [2.24, 2.45) is 0 Å². The van der Waals surface area contributed by atoms with Crippen molar-refractivity contribution in [2.75, 3.05) is 0 Å². The van der Waals surface area contributed by atoms with Gasteiger partial charge in [-0.1, -0.05) is 75.4 Å². The van der Waals surface area contributed by atoms with Crippen LogP contribution in [0.4, 0.5) is 0 Å². The standard InChI is InChI=1S/C20H24O/c1-4-20(2,3)18-15-17(13-14-19(18)21)12-8-11-16-9-6-5-7-10-16/h5-11,13-15,21H,4,12H2,1-3H3. The van der Waals surface area contributed by atoms with Gasteiger partial charge >= 0.3 is 0 Å². The Kier molecular flexibility index (Phi) is 4.85. The topological polar surface area (TPSA) is 20.2 Å². The third kappa shape index (κ3) is 3.98. The fraction of sp³-hybridized carbons (Fsp3) is 0.300. The maximum absolute atomic E-state index is 10.1. The summed E-state index contributed by atoms with van der Waals surface area (Å²) in [6, 6.07) is 16.3. The molecule has 110 valence electrons. The van der Waals surface area contributed by atoms with Gasteiger partial charge in [0.05, 0.1) is 0 Å². The van der Waals surface area contributed by atoms with Gasteiger partial charge in [0, 0.05) is 0 Å². The maximum atomic E-state index is 10.1. The summed E-state index contributed by atoms with van der Waals surface area (Å²) in [4.78, 5) is 0. The third-order valence-electron chi connectivity index (χ3n) is 4.14. The SMILES string of the molecule is CCC(C)(C)c1cc(CC=Cc2ccccc2)ccc1O. The van der Waals surface area contributed by atoms with E-state index < -0.39 is 0 Å². The Labute approximate surface area is 128 Å². The molecule has 0 aliphatic rings. The fourth-order valence-corrected chi connectivity index (χ4v) is 2.34. The van der Waals surface area contributed by atoms with Crippen LogP contribution in [0, 0.1) is 0 Å². The molecule has 2 aromatic rings. The first kappa shape index (κ1) is 15.4. The average molecular weight is 280 g/mol. The van der Waals surface area contributed by atoms with Gasteiger partial charge in [0.25, 0.3) is 0 Å². The van der Waals surface area contributed by atoms with Gasteiger partial charge in [-0.05, 0) is 41.0 Å². The minimum atomic E-state index is 0.00321. The Morgan fingerprint density at radius 1 is 1.05 bits per heavy atom. The molecule has 0 unspecified atom stereocenters. The lowest BCUT2D eigenvalue weighted by Gasteiger charge is -2.24. The molecule has 2 aromatic carbocycles. The van der Waals surface area contributed by atoms with Crippen LogP contribution in [0.5, 0.6) is 5.75 Å². The van der Waals surface area contributed by atoms with E-state index >= 15 is 0 Å². The molecule has 0 aliphatic carbocycles. The summed E-state index contributed by atoms with van der Waals surface area (Å²) in [5.41, 5.74) is 3.49. The van der Waals surface area contributed by atoms with Crippen molar-refractivity contribution in [1.29, 1.82) is 0 Å². The van der Waals surface area contributed by atoms with E-state index in [9.17, 15) is 5.11 Å². The lowest BCUT2D eigenvalue weighted by molar-refractivity contribution is 0.428. The number of phenols is 1. The highest BCUT2D eigenvalue weighted by Crippen LogP contribution is 2.34. The number of hydrogen-bond acceptors (Lipinski definition) is 1. The van der Waals surface area contributed by atoms with Gasteiger partial charge in [-0.25, -0.2) is 0 Å². The van der Waals surface area contributed by atoms with Crippen LogP contribution in [0.1, 0.15) is 43.9 Å². The molecule has 0 aromatic heterocycles. The molecule has 2 rings (SSSR count). The first-order valence-electron chi connectivity index (χ1n) is 7.57. The van der Waals surface area contributed by atoms with Gasteiger partial charge in [0.1, 0.15) is 5.75 Å². The van der Waals surface area contributed by atoms with Crippen LogP contribution >= 0.6 is 0 Å². The van der Waals surface area contributed by atoms with Crippen LogP contribution in [-0.4, -0.2) is 5.11 Å². The van der Waals surface area contributed by atoms with Gasteiger partial charge in [0.2, 0.25) is 0 Å². The lowest BCUT2D eigenvalue weighted by Crippen LogP contribution is -2.15. The quantitative estimate of drug-likeness (QED) is 0.784. The molecule has 0 amide bonds. The molecule has 0 saturated carbocycles. The lowest BCUT2D eigenvalue weighted by atomic mass is 9.81. The highest BCUT2D eigenvalue weighted by Gasteiger charge is 2.21. The second kappa shape index (κ2) is 6.62. The summed E-state index contributed by atoms with van der Waals surface area (Å²) in [5.74, 6) is 0.401. The summed E-state index contributed by atoms with van der Waals surface area (Å²) >= 11 is 0. The molecule has 0 spiro atoms. The summed E-state index contributed by atoms with van der Waals surface area (Å²) in [7, 11) is 0. The van der Waals surface area contributed by atoms with E-state index in [0.29, 0.717) is 5.75 Å². The van der Waals surface area contributed by atoms with Crippen LogP contribution in [0.25, 0.3) is 6.08 Å². The smallest absolute Gasteiger partial charge is 0.119 e. The summed E-state index contributed by atoms with van der Waals surface area (Å²) < 4.78 is 0. The molecule has 0 atom stereocenters. The second-order valence-electron chi connectivity index (χ2n) is 6.11. The Bertz CT molecular complexity index is 609. The van der Waals surface area contributed by atoms with Crippen LogP contribution in [0.3, 0.4) is 0 Å². The largest absolute Gasteiger partial charge is 0.508 e. The normalized spacial score (nSPS) is 12.0. The number of benzene rings is 2. The van der Waals surface area contributed by atoms with Gasteiger partial charge in [0.15, 0.2) is 0 Å². The molecule has 1 heteroatoms. The first-order chi connectivity index (χ1) is 10.0. The average Bonchev–Trinajstić information content (AvgIpc) is 2.50. The molecule has 1 N–H and O–H groups in total. The van der Waals surface area contributed by atoms with Crippen molar-refractivity contribution in [1.82, 2.24) is 0 Å². The molecule has 0 aliphatic heterocycles. The number of hydrogen-bond donors (Lipinski definition) is 1. The molecule has 0 bridgehead atoms. The van der Waals surface area contributed by atoms with Crippen molar-refractivity contribution in [3.63, 3.8) is 0 Å². The molecular weight excluding hydrogens is 256 g/mol. The van der Waals surface area contributed by atoms with Gasteiger partial charge in [-0.15, -0.1) is 0 Å². The van der Waals surface area contributed by atoms with Crippen LogP contribution in [0.2, 0.25) is 0 Å². The van der Waals surface area contributed by atoms with Gasteiger partial charge < -0.3 is 5.11 Å². The zero-order valence-electron chi connectivity index (χ0n) is 13.1. The Balaban J connectivity index is 2.15. The van der Waals surface area contributed by atoms with Gasteiger partial charge in [-0.2, -0.15) is 0 Å². The highest BCUT2D eigenvalue weighted by atomic mass is 16.3. The van der Waals surface area contributed by atoms with E-state index in [1.54, 1.807) is 0 Å². The predicted octanol–water partition coefficient (Wildman–Crippen LogP) is 5.34. The van der Waals surface area contributed by atoms with Crippen LogP contribution < -0.4 is 0 Å². The first-order valence-corrected chi connectivity index (χ1v) is 7.57. The zero-order valence-corrected chi connectivity index (χ0v) is 13.1. The van der Waals surface area contributed by atoms with E-state index in [4.69, 9.17) is 0 Å². The van der Waals surface area contributed by atoms with Crippen molar-refractivity contribution >= 4 is 6.08 Å². The number of phenolic OH excluding ortho intramolecular Hbond substituents is 1. The molecule has 1 nitrogen and oxygen atoms in total. The molecule has 0 heterocycles. The van der Waals surface area contributed by atoms with E-state index in [2.05, 4.69) is 51.1 Å². The second-order valence-corrected chi connectivity index (χ2v) is 6.11. The van der Waals surface area contributed by atoms with Crippen LogP contribution in [0.15, 0.2) is 54.6 Å². The molecule has 0 fully saturated rings. The van der Waals surface area contributed by atoms with E-state index in [1.165, 1.54) is 11.1 Å². The number of aromatic hydroxyl groups is 1. The fourth-order valence-electron chi connectivity index (χ4n) is 2.34. The zero-order chi connectivity index (χ0) is 15.3. The summed E-state index contributed by atoms with van der Waals surface area (Å²) in [5, 5.41) is 10.1. The Hall–Kier alpha value is -2.02. The minimum Gasteiger partial charge on any atom is -0.508 e. The molecular formula is C20H24O. The van der Waals surface area contributed by atoms with Crippen molar-refractivity contribution in [3.8, 4) is 5.75 Å². The Morgan fingerprint density at radius 2 is 1.76 bits per heavy atom. The minimum absolute atomic E-state index is 0.00321. The third-order valence-corrected chi connectivity index (χ3v) is 4.14. The highest BCUT2D eigenvalue weighted by molar-refractivity contribution is 5.50. The molecule has 0 saturated heterocycles. The molecule has 21 heavy (non-hydrogen) atoms. The van der Waals surface area contributed by atoms with Crippen LogP contribution in [-0.2, 0) is 11.8 Å².